The molecule has 0 spiro atoms. The Morgan fingerprint density at radius 3 is 2.68 bits per heavy atom. The average molecular weight is 299 g/mol. The molecule has 1 aromatic heterocycles. The van der Waals surface area contributed by atoms with Crippen LogP contribution in [0.15, 0.2) is 30.3 Å². The van der Waals surface area contributed by atoms with Crippen molar-refractivity contribution >= 4 is 11.9 Å². The van der Waals surface area contributed by atoms with Crippen molar-refractivity contribution in [1.82, 2.24) is 14.7 Å². The standard InChI is InChI=1S/C16H17N3O3/c1-2-19-14(9-13(17-19)16(21)22)15(20)18-8-7-11-5-3-4-6-12(11)10-18/h3-6,9H,2,7-8,10H2,1H3,(H,21,22). The number of benzene rings is 1. The van der Waals surface area contributed by atoms with Gasteiger partial charge in [-0.15, -0.1) is 0 Å². The number of hydrogen-bond donors (Lipinski definition) is 1. The van der Waals surface area contributed by atoms with E-state index in [9.17, 15) is 9.59 Å². The summed E-state index contributed by atoms with van der Waals surface area (Å²) in [5.74, 6) is -1.29. The van der Waals surface area contributed by atoms with Crippen molar-refractivity contribution in [1.29, 1.82) is 0 Å². The van der Waals surface area contributed by atoms with Gasteiger partial charge in [0, 0.05) is 25.7 Å². The van der Waals surface area contributed by atoms with Crippen LogP contribution in [0.3, 0.4) is 0 Å². The fraction of sp³-hybridized carbons (Fsp3) is 0.312. The Bertz CT molecular complexity index is 736. The zero-order valence-electron chi connectivity index (χ0n) is 12.3. The molecule has 6 heteroatoms. The molecule has 0 aliphatic carbocycles. The Labute approximate surface area is 128 Å². The summed E-state index contributed by atoms with van der Waals surface area (Å²) in [6.07, 6.45) is 0.813. The van der Waals surface area contributed by atoms with E-state index >= 15 is 0 Å². The smallest absolute Gasteiger partial charge is 0.356 e. The van der Waals surface area contributed by atoms with Gasteiger partial charge in [0.15, 0.2) is 5.69 Å². The largest absolute Gasteiger partial charge is 0.476 e. The molecule has 0 atom stereocenters. The van der Waals surface area contributed by atoms with Gasteiger partial charge in [-0.05, 0) is 24.5 Å². The van der Waals surface area contributed by atoms with Gasteiger partial charge in [0.25, 0.3) is 5.91 Å². The van der Waals surface area contributed by atoms with Gasteiger partial charge in [0.2, 0.25) is 0 Å². The van der Waals surface area contributed by atoms with E-state index in [1.54, 1.807) is 4.90 Å². The zero-order chi connectivity index (χ0) is 15.7. The lowest BCUT2D eigenvalue weighted by Crippen LogP contribution is -2.37. The number of aryl methyl sites for hydroxylation is 1. The summed E-state index contributed by atoms with van der Waals surface area (Å²) < 4.78 is 1.45. The zero-order valence-corrected chi connectivity index (χ0v) is 12.3. The maximum absolute atomic E-state index is 12.7. The van der Waals surface area contributed by atoms with Crippen LogP contribution in [0.4, 0.5) is 0 Å². The Hall–Kier alpha value is -2.63. The van der Waals surface area contributed by atoms with Gasteiger partial charge in [0.05, 0.1) is 0 Å². The summed E-state index contributed by atoms with van der Waals surface area (Å²) in [4.78, 5) is 25.5. The molecule has 0 saturated carbocycles. The van der Waals surface area contributed by atoms with Crippen LogP contribution < -0.4 is 0 Å². The van der Waals surface area contributed by atoms with Crippen LogP contribution in [0, 0.1) is 0 Å². The highest BCUT2D eigenvalue weighted by molar-refractivity contribution is 5.95. The van der Waals surface area contributed by atoms with Crippen LogP contribution in [0.25, 0.3) is 0 Å². The number of hydrogen-bond acceptors (Lipinski definition) is 3. The number of carbonyl (C=O) groups excluding carboxylic acids is 1. The van der Waals surface area contributed by atoms with Crippen LogP contribution in [-0.2, 0) is 19.5 Å². The summed E-state index contributed by atoms with van der Waals surface area (Å²) in [6, 6.07) is 9.42. The second-order valence-electron chi connectivity index (χ2n) is 5.28. The third kappa shape index (κ3) is 2.47. The van der Waals surface area contributed by atoms with E-state index in [1.165, 1.54) is 16.3 Å². The Morgan fingerprint density at radius 1 is 1.27 bits per heavy atom. The fourth-order valence-corrected chi connectivity index (χ4v) is 2.77. The first-order valence-corrected chi connectivity index (χ1v) is 7.27. The monoisotopic (exact) mass is 299 g/mol. The minimum atomic E-state index is -1.12. The fourth-order valence-electron chi connectivity index (χ4n) is 2.77. The van der Waals surface area contributed by atoms with E-state index < -0.39 is 5.97 Å². The topological polar surface area (TPSA) is 75.4 Å². The highest BCUT2D eigenvalue weighted by Crippen LogP contribution is 2.20. The molecule has 1 N–H and O–H groups in total. The molecule has 0 bridgehead atoms. The predicted molar refractivity (Wildman–Crippen MR) is 79.7 cm³/mol. The minimum absolute atomic E-state index is 0.0948. The Morgan fingerprint density at radius 2 is 2.00 bits per heavy atom. The van der Waals surface area contributed by atoms with Crippen molar-refractivity contribution < 1.29 is 14.7 Å². The summed E-state index contributed by atoms with van der Waals surface area (Å²) in [5.41, 5.74) is 2.65. The molecule has 6 nitrogen and oxygen atoms in total. The summed E-state index contributed by atoms with van der Waals surface area (Å²) >= 11 is 0. The highest BCUT2D eigenvalue weighted by atomic mass is 16.4. The lowest BCUT2D eigenvalue weighted by atomic mass is 10.00. The Balaban J connectivity index is 1.87. The van der Waals surface area contributed by atoms with E-state index in [1.807, 2.05) is 25.1 Å². The second-order valence-corrected chi connectivity index (χ2v) is 5.28. The Kier molecular flexibility index (Phi) is 3.66. The van der Waals surface area contributed by atoms with Gasteiger partial charge in [-0.2, -0.15) is 5.10 Å². The third-order valence-electron chi connectivity index (χ3n) is 3.94. The van der Waals surface area contributed by atoms with Crippen LogP contribution in [0.5, 0.6) is 0 Å². The van der Waals surface area contributed by atoms with E-state index in [4.69, 9.17) is 5.11 Å². The van der Waals surface area contributed by atoms with Crippen LogP contribution in [0.1, 0.15) is 39.0 Å². The van der Waals surface area contributed by atoms with Crippen LogP contribution >= 0.6 is 0 Å². The molecule has 0 radical (unpaired) electrons. The number of fused-ring (bicyclic) bond motifs is 1. The number of carboxylic acids is 1. The van der Waals surface area contributed by atoms with Crippen molar-refractivity contribution in [3.8, 4) is 0 Å². The molecule has 2 aromatic rings. The van der Waals surface area contributed by atoms with E-state index in [0.717, 1.165) is 12.0 Å². The summed E-state index contributed by atoms with van der Waals surface area (Å²) in [7, 11) is 0. The van der Waals surface area contributed by atoms with Gasteiger partial charge >= 0.3 is 5.97 Å². The quantitative estimate of drug-likeness (QED) is 0.937. The molecular formula is C16H17N3O3. The molecule has 1 aliphatic rings. The molecule has 0 saturated heterocycles. The van der Waals surface area contributed by atoms with Gasteiger partial charge in [-0.25, -0.2) is 4.79 Å². The first-order valence-electron chi connectivity index (χ1n) is 7.27. The molecule has 1 amide bonds. The number of nitrogens with zero attached hydrogens (tertiary/aromatic N) is 3. The maximum Gasteiger partial charge on any atom is 0.356 e. The second kappa shape index (κ2) is 5.63. The van der Waals surface area contributed by atoms with Crippen molar-refractivity contribution in [3.63, 3.8) is 0 Å². The number of amides is 1. The van der Waals surface area contributed by atoms with Crippen molar-refractivity contribution in [2.24, 2.45) is 0 Å². The molecule has 2 heterocycles. The molecule has 3 rings (SSSR count). The van der Waals surface area contributed by atoms with Crippen molar-refractivity contribution in [2.75, 3.05) is 6.54 Å². The minimum Gasteiger partial charge on any atom is -0.476 e. The van der Waals surface area contributed by atoms with Crippen molar-refractivity contribution in [3.05, 3.63) is 52.8 Å². The molecule has 114 valence electrons. The van der Waals surface area contributed by atoms with E-state index in [-0.39, 0.29) is 11.6 Å². The lowest BCUT2D eigenvalue weighted by Gasteiger charge is -2.28. The number of carboxylic acid groups (broad SMARTS) is 1. The maximum atomic E-state index is 12.7. The summed E-state index contributed by atoms with van der Waals surface area (Å²) in [5, 5.41) is 13.0. The normalized spacial score (nSPS) is 13.8. The number of carbonyl (C=O) groups is 2. The van der Waals surface area contributed by atoms with Gasteiger partial charge < -0.3 is 10.0 Å². The number of aromatic nitrogens is 2. The lowest BCUT2D eigenvalue weighted by molar-refractivity contribution is 0.0687. The third-order valence-corrected chi connectivity index (χ3v) is 3.94. The van der Waals surface area contributed by atoms with Crippen LogP contribution in [0.2, 0.25) is 0 Å². The van der Waals surface area contributed by atoms with E-state index in [0.29, 0.717) is 25.3 Å². The SMILES string of the molecule is CCn1nc(C(=O)O)cc1C(=O)N1CCc2ccccc2C1. The number of aromatic carboxylic acids is 1. The predicted octanol–water partition coefficient (Wildman–Crippen LogP) is 1.80. The van der Waals surface area contributed by atoms with Gasteiger partial charge in [-0.1, -0.05) is 24.3 Å². The van der Waals surface area contributed by atoms with E-state index in [2.05, 4.69) is 11.2 Å². The van der Waals surface area contributed by atoms with Gasteiger partial charge in [0.1, 0.15) is 5.69 Å². The first-order chi connectivity index (χ1) is 10.6. The highest BCUT2D eigenvalue weighted by Gasteiger charge is 2.25. The van der Waals surface area contributed by atoms with Crippen molar-refractivity contribution in [2.45, 2.75) is 26.4 Å². The number of rotatable bonds is 3. The molecule has 0 unspecified atom stereocenters. The van der Waals surface area contributed by atoms with Crippen LogP contribution in [-0.4, -0.2) is 38.2 Å². The average Bonchev–Trinajstić information content (AvgIpc) is 2.98. The first kappa shape index (κ1) is 14.3. The molecule has 0 fully saturated rings. The summed E-state index contributed by atoms with van der Waals surface area (Å²) in [6.45, 7) is 3.47. The molecule has 1 aliphatic heterocycles. The molecule has 1 aromatic carbocycles. The molecular weight excluding hydrogens is 282 g/mol. The van der Waals surface area contributed by atoms with Gasteiger partial charge in [-0.3, -0.25) is 9.48 Å². The molecule has 22 heavy (non-hydrogen) atoms.